The molecule has 5 nitrogen and oxygen atoms in total. The number of halogens is 1. The Morgan fingerprint density at radius 2 is 2.08 bits per heavy atom. The Hall–Kier alpha value is -2.08. The molecule has 1 amide bonds. The van der Waals surface area contributed by atoms with Gasteiger partial charge in [-0.25, -0.2) is 0 Å². The third-order valence-corrected chi connectivity index (χ3v) is 3.58. The molecule has 0 bridgehead atoms. The number of aryl methyl sites for hydroxylation is 1. The molecule has 0 spiro atoms. The fraction of sp³-hybridized carbons (Fsp3) is 0.278. The Kier molecular flexibility index (Phi) is 6.61. The molecule has 0 radical (unpaired) electrons. The first kappa shape index (κ1) is 18.3. The molecule has 3 rings (SSSR count). The second-order valence-corrected chi connectivity index (χ2v) is 5.47. The van der Waals surface area contributed by atoms with E-state index in [-0.39, 0.29) is 18.3 Å². The van der Waals surface area contributed by atoms with Crippen LogP contribution in [0.5, 0.6) is 11.5 Å². The number of morpholine rings is 1. The molecule has 24 heavy (non-hydrogen) atoms. The third kappa shape index (κ3) is 4.71. The lowest BCUT2D eigenvalue weighted by atomic mass is 10.2. The number of benzene rings is 2. The molecular weight excluding hydrogens is 328 g/mol. The van der Waals surface area contributed by atoms with E-state index in [9.17, 15) is 4.79 Å². The summed E-state index contributed by atoms with van der Waals surface area (Å²) >= 11 is 0. The molecule has 0 aromatic heterocycles. The van der Waals surface area contributed by atoms with Gasteiger partial charge in [0, 0.05) is 13.1 Å². The van der Waals surface area contributed by atoms with Crippen LogP contribution < -0.4 is 15.4 Å². The zero-order valence-corrected chi connectivity index (χ0v) is 14.3. The molecule has 128 valence electrons. The lowest BCUT2D eigenvalue weighted by molar-refractivity contribution is -0.128. The molecule has 1 atom stereocenters. The highest BCUT2D eigenvalue weighted by Gasteiger charge is 2.22. The molecule has 0 saturated carbocycles. The summed E-state index contributed by atoms with van der Waals surface area (Å²) in [5, 5.41) is 6.03. The van der Waals surface area contributed by atoms with Crippen LogP contribution in [-0.4, -0.2) is 31.7 Å². The zero-order valence-electron chi connectivity index (χ0n) is 13.5. The third-order valence-electron chi connectivity index (χ3n) is 3.58. The fourth-order valence-corrected chi connectivity index (χ4v) is 2.41. The summed E-state index contributed by atoms with van der Waals surface area (Å²) in [7, 11) is 0. The van der Waals surface area contributed by atoms with Crippen molar-refractivity contribution in [1.82, 2.24) is 5.32 Å². The van der Waals surface area contributed by atoms with Crippen molar-refractivity contribution < 1.29 is 14.3 Å². The number of para-hydroxylation sites is 2. The monoisotopic (exact) mass is 348 g/mol. The number of amides is 1. The highest BCUT2D eigenvalue weighted by atomic mass is 35.5. The summed E-state index contributed by atoms with van der Waals surface area (Å²) in [5.41, 5.74) is 1.75. The van der Waals surface area contributed by atoms with E-state index in [4.69, 9.17) is 9.47 Å². The van der Waals surface area contributed by atoms with Gasteiger partial charge in [0.15, 0.2) is 5.75 Å². The molecule has 1 aliphatic rings. The van der Waals surface area contributed by atoms with Gasteiger partial charge >= 0.3 is 0 Å². The highest BCUT2D eigenvalue weighted by Crippen LogP contribution is 2.29. The van der Waals surface area contributed by atoms with Gasteiger partial charge in [-0.15, -0.1) is 12.4 Å². The molecule has 2 N–H and O–H groups in total. The van der Waals surface area contributed by atoms with Crippen molar-refractivity contribution in [2.45, 2.75) is 13.0 Å². The molecular formula is C18H21ClN2O3. The van der Waals surface area contributed by atoms with E-state index >= 15 is 0 Å². The van der Waals surface area contributed by atoms with Gasteiger partial charge in [0.25, 0.3) is 5.91 Å². The molecule has 0 aliphatic carbocycles. The van der Waals surface area contributed by atoms with E-state index in [1.807, 2.05) is 55.5 Å². The second kappa shape index (κ2) is 8.68. The Bertz CT molecular complexity index is 687. The van der Waals surface area contributed by atoms with Crippen LogP contribution in [0.3, 0.4) is 0 Å². The van der Waals surface area contributed by atoms with Gasteiger partial charge in [-0.2, -0.15) is 0 Å². The summed E-state index contributed by atoms with van der Waals surface area (Å²) in [6.45, 7) is 3.84. The summed E-state index contributed by atoms with van der Waals surface area (Å²) in [4.78, 5) is 12.3. The Morgan fingerprint density at radius 1 is 1.25 bits per heavy atom. The van der Waals surface area contributed by atoms with Crippen LogP contribution >= 0.6 is 12.4 Å². The van der Waals surface area contributed by atoms with E-state index in [1.165, 1.54) is 0 Å². The summed E-state index contributed by atoms with van der Waals surface area (Å²) in [6.07, 6.45) is -0.476. The molecule has 2 aromatic carbocycles. The average molecular weight is 349 g/mol. The van der Waals surface area contributed by atoms with Crippen LogP contribution in [0.4, 0.5) is 5.69 Å². The largest absolute Gasteiger partial charge is 0.455 e. The smallest absolute Gasteiger partial charge is 0.254 e. The minimum Gasteiger partial charge on any atom is -0.455 e. The van der Waals surface area contributed by atoms with Crippen LogP contribution in [0.25, 0.3) is 0 Å². The first-order valence-corrected chi connectivity index (χ1v) is 7.69. The van der Waals surface area contributed by atoms with Gasteiger partial charge < -0.3 is 20.1 Å². The van der Waals surface area contributed by atoms with E-state index in [2.05, 4.69) is 10.6 Å². The van der Waals surface area contributed by atoms with Gasteiger partial charge in [0.1, 0.15) is 11.9 Å². The summed E-state index contributed by atoms with van der Waals surface area (Å²) in [6, 6.07) is 15.2. The second-order valence-electron chi connectivity index (χ2n) is 5.47. The first-order valence-electron chi connectivity index (χ1n) is 7.69. The van der Waals surface area contributed by atoms with Crippen molar-refractivity contribution in [3.8, 4) is 11.5 Å². The van der Waals surface area contributed by atoms with E-state index in [0.29, 0.717) is 24.6 Å². The normalized spacial score (nSPS) is 16.8. The number of hydrogen-bond acceptors (Lipinski definition) is 4. The highest BCUT2D eigenvalue weighted by molar-refractivity contribution is 5.95. The minimum absolute atomic E-state index is 0. The van der Waals surface area contributed by atoms with Crippen LogP contribution in [0.2, 0.25) is 0 Å². The van der Waals surface area contributed by atoms with Crippen molar-refractivity contribution in [3.05, 3.63) is 54.1 Å². The topological polar surface area (TPSA) is 59.6 Å². The molecule has 1 aliphatic heterocycles. The van der Waals surface area contributed by atoms with Crippen molar-refractivity contribution in [1.29, 1.82) is 0 Å². The molecule has 1 saturated heterocycles. The summed E-state index contributed by atoms with van der Waals surface area (Å²) in [5.74, 6) is 1.18. The molecule has 1 unspecified atom stereocenters. The van der Waals surface area contributed by atoms with Gasteiger partial charge in [-0.1, -0.05) is 24.3 Å². The molecule has 1 fully saturated rings. The van der Waals surface area contributed by atoms with Gasteiger partial charge in [-0.05, 0) is 36.8 Å². The Balaban J connectivity index is 0.00000208. The number of carbonyl (C=O) groups is 1. The van der Waals surface area contributed by atoms with Gasteiger partial charge in [0.05, 0.1) is 12.3 Å². The first-order chi connectivity index (χ1) is 11.2. The maximum atomic E-state index is 12.3. The van der Waals surface area contributed by atoms with Crippen LogP contribution in [0.1, 0.15) is 5.56 Å². The van der Waals surface area contributed by atoms with Crippen LogP contribution in [0, 0.1) is 6.92 Å². The number of nitrogens with one attached hydrogen (secondary N) is 2. The van der Waals surface area contributed by atoms with Crippen LogP contribution in [0.15, 0.2) is 48.5 Å². The maximum Gasteiger partial charge on any atom is 0.254 e. The van der Waals surface area contributed by atoms with Crippen molar-refractivity contribution in [3.63, 3.8) is 0 Å². The number of anilines is 1. The Morgan fingerprint density at radius 3 is 2.83 bits per heavy atom. The fourth-order valence-electron chi connectivity index (χ4n) is 2.41. The van der Waals surface area contributed by atoms with E-state index < -0.39 is 6.10 Å². The quantitative estimate of drug-likeness (QED) is 0.891. The van der Waals surface area contributed by atoms with Gasteiger partial charge in [0.2, 0.25) is 0 Å². The van der Waals surface area contributed by atoms with Crippen molar-refractivity contribution >= 4 is 24.0 Å². The molecule has 2 aromatic rings. The maximum absolute atomic E-state index is 12.3. The predicted molar refractivity (Wildman–Crippen MR) is 96.2 cm³/mol. The van der Waals surface area contributed by atoms with Crippen molar-refractivity contribution in [2.24, 2.45) is 0 Å². The number of carbonyl (C=O) groups excluding carboxylic acids is 1. The Labute approximate surface area is 147 Å². The number of rotatable bonds is 4. The minimum atomic E-state index is -0.476. The van der Waals surface area contributed by atoms with E-state index in [0.717, 1.165) is 17.9 Å². The average Bonchev–Trinajstić information content (AvgIpc) is 2.57. The molecule has 6 heteroatoms. The standard InChI is InChI=1S/C18H20N2O3.ClH/c1-13-5-4-6-14(11-13)23-16-8-3-2-7-15(16)20-18(21)17-12-19-9-10-22-17;/h2-8,11,17,19H,9-10,12H2,1H3,(H,20,21);1H. The van der Waals surface area contributed by atoms with Crippen molar-refractivity contribution in [2.75, 3.05) is 25.0 Å². The summed E-state index contributed by atoms with van der Waals surface area (Å²) < 4.78 is 11.4. The lowest BCUT2D eigenvalue weighted by Crippen LogP contribution is -2.45. The predicted octanol–water partition coefficient (Wildman–Crippen LogP) is 3.14. The van der Waals surface area contributed by atoms with E-state index in [1.54, 1.807) is 0 Å². The van der Waals surface area contributed by atoms with Gasteiger partial charge in [-0.3, -0.25) is 4.79 Å². The number of ether oxygens (including phenoxy) is 2. The lowest BCUT2D eigenvalue weighted by Gasteiger charge is -2.23. The molecule has 1 heterocycles. The zero-order chi connectivity index (χ0) is 16.1. The van der Waals surface area contributed by atoms with Crippen LogP contribution in [-0.2, 0) is 9.53 Å². The number of hydrogen-bond donors (Lipinski definition) is 2. The SMILES string of the molecule is Cc1cccc(Oc2ccccc2NC(=O)C2CNCCO2)c1.Cl.